The maximum Gasteiger partial charge on any atom is 0.282 e. The first-order chi connectivity index (χ1) is 12.9. The summed E-state index contributed by atoms with van der Waals surface area (Å²) in [5, 5.41) is 2.96. The number of fused-ring (bicyclic) bond motifs is 1. The van der Waals surface area contributed by atoms with Crippen LogP contribution in [0.2, 0.25) is 0 Å². The standard InChI is InChI=1S/C22H27N3O2/c1-15-8-7-10-19(17(15)3)23-21(26)13-24(4)14-22(27)25-16(2)12-18-9-5-6-11-20(18)25/h5-11,16H,12-14H2,1-4H3,(H,23,26)/p+1/t16-/m1/s1. The molecule has 0 saturated heterocycles. The number of hydrogen-bond donors (Lipinski definition) is 2. The van der Waals surface area contributed by atoms with Gasteiger partial charge in [-0.05, 0) is 56.0 Å². The lowest BCUT2D eigenvalue weighted by Gasteiger charge is -2.24. The third-order valence-corrected chi connectivity index (χ3v) is 5.27. The number of quaternary nitrogens is 1. The highest BCUT2D eigenvalue weighted by Gasteiger charge is 2.32. The molecule has 0 saturated carbocycles. The Kier molecular flexibility index (Phi) is 5.61. The molecule has 0 radical (unpaired) electrons. The van der Waals surface area contributed by atoms with Crippen LogP contribution in [0.4, 0.5) is 11.4 Å². The van der Waals surface area contributed by atoms with Crippen LogP contribution in [0, 0.1) is 13.8 Å². The van der Waals surface area contributed by atoms with E-state index in [-0.39, 0.29) is 24.4 Å². The van der Waals surface area contributed by atoms with Crippen LogP contribution in [0.3, 0.4) is 0 Å². The van der Waals surface area contributed by atoms with Gasteiger partial charge in [-0.25, -0.2) is 0 Å². The summed E-state index contributed by atoms with van der Waals surface area (Å²) in [4.78, 5) is 28.0. The average Bonchev–Trinajstić information content (AvgIpc) is 2.94. The van der Waals surface area contributed by atoms with Gasteiger partial charge in [-0.1, -0.05) is 30.3 Å². The summed E-state index contributed by atoms with van der Waals surface area (Å²) in [6, 6.07) is 14.1. The Morgan fingerprint density at radius 1 is 1.11 bits per heavy atom. The van der Waals surface area contributed by atoms with Crippen LogP contribution >= 0.6 is 0 Å². The summed E-state index contributed by atoms with van der Waals surface area (Å²) in [5.74, 6) is -0.0200. The molecule has 1 unspecified atom stereocenters. The molecule has 5 nitrogen and oxygen atoms in total. The quantitative estimate of drug-likeness (QED) is 0.847. The molecular weight excluding hydrogens is 338 g/mol. The number of nitrogens with one attached hydrogen (secondary N) is 2. The Labute approximate surface area is 161 Å². The maximum absolute atomic E-state index is 12.8. The molecule has 0 bridgehead atoms. The average molecular weight is 366 g/mol. The molecule has 1 heterocycles. The molecule has 0 aliphatic carbocycles. The van der Waals surface area contributed by atoms with Crippen LogP contribution < -0.4 is 15.1 Å². The van der Waals surface area contributed by atoms with E-state index in [9.17, 15) is 9.59 Å². The molecule has 0 fully saturated rings. The minimum atomic E-state index is -0.0797. The first kappa shape index (κ1) is 19.1. The largest absolute Gasteiger partial charge is 0.322 e. The minimum absolute atomic E-state index is 0.0597. The van der Waals surface area contributed by atoms with Gasteiger partial charge < -0.3 is 15.1 Å². The van der Waals surface area contributed by atoms with Crippen molar-refractivity contribution in [2.24, 2.45) is 0 Å². The SMILES string of the molecule is Cc1cccc(NC(=O)C[NH+](C)CC(=O)N2c3ccccc3C[C@H]2C)c1C. The van der Waals surface area contributed by atoms with Gasteiger partial charge in [0.25, 0.3) is 11.8 Å². The van der Waals surface area contributed by atoms with Crippen LogP contribution in [0.1, 0.15) is 23.6 Å². The Balaban J connectivity index is 1.59. The number of anilines is 2. The fourth-order valence-corrected chi connectivity index (χ4v) is 3.71. The molecule has 2 atom stereocenters. The summed E-state index contributed by atoms with van der Waals surface area (Å²) in [7, 11) is 1.88. The topological polar surface area (TPSA) is 53.9 Å². The number of aryl methyl sites for hydroxylation is 1. The molecule has 0 spiro atoms. The van der Waals surface area contributed by atoms with Crippen molar-refractivity contribution in [2.75, 3.05) is 30.4 Å². The van der Waals surface area contributed by atoms with Crippen molar-refractivity contribution in [2.45, 2.75) is 33.2 Å². The van der Waals surface area contributed by atoms with Gasteiger partial charge in [0.15, 0.2) is 13.1 Å². The van der Waals surface area contributed by atoms with Crippen molar-refractivity contribution >= 4 is 23.2 Å². The summed E-state index contributed by atoms with van der Waals surface area (Å²) in [6.45, 7) is 6.63. The summed E-state index contributed by atoms with van der Waals surface area (Å²) < 4.78 is 0. The molecule has 0 aromatic heterocycles. The van der Waals surface area contributed by atoms with E-state index in [2.05, 4.69) is 18.3 Å². The van der Waals surface area contributed by atoms with Crippen LogP contribution in [0.5, 0.6) is 0 Å². The maximum atomic E-state index is 12.8. The van der Waals surface area contributed by atoms with Crippen molar-refractivity contribution in [3.05, 3.63) is 59.2 Å². The van der Waals surface area contributed by atoms with E-state index in [0.717, 1.165) is 33.8 Å². The van der Waals surface area contributed by atoms with Gasteiger partial charge >= 0.3 is 0 Å². The predicted octanol–water partition coefficient (Wildman–Crippen LogP) is 1.73. The van der Waals surface area contributed by atoms with Crippen molar-refractivity contribution in [1.82, 2.24) is 0 Å². The van der Waals surface area contributed by atoms with E-state index in [4.69, 9.17) is 0 Å². The second-order valence-electron chi connectivity index (χ2n) is 7.55. The highest BCUT2D eigenvalue weighted by Crippen LogP contribution is 2.31. The minimum Gasteiger partial charge on any atom is -0.322 e. The lowest BCUT2D eigenvalue weighted by atomic mass is 10.1. The van der Waals surface area contributed by atoms with E-state index in [1.165, 1.54) is 5.56 Å². The van der Waals surface area contributed by atoms with E-state index in [1.54, 1.807) is 0 Å². The van der Waals surface area contributed by atoms with Gasteiger partial charge in [-0.15, -0.1) is 0 Å². The van der Waals surface area contributed by atoms with Gasteiger partial charge in [-0.3, -0.25) is 9.59 Å². The normalized spacial score (nSPS) is 16.7. The molecule has 5 heteroatoms. The zero-order valence-electron chi connectivity index (χ0n) is 16.5. The summed E-state index contributed by atoms with van der Waals surface area (Å²) in [5.41, 5.74) is 5.26. The first-order valence-electron chi connectivity index (χ1n) is 9.44. The van der Waals surface area contributed by atoms with Crippen molar-refractivity contribution in [3.8, 4) is 0 Å². The summed E-state index contributed by atoms with van der Waals surface area (Å²) >= 11 is 0. The molecule has 1 aliphatic heterocycles. The van der Waals surface area contributed by atoms with E-state index in [1.807, 2.05) is 62.2 Å². The molecule has 3 rings (SSSR count). The predicted molar refractivity (Wildman–Crippen MR) is 108 cm³/mol. The van der Waals surface area contributed by atoms with Gasteiger partial charge in [0.2, 0.25) is 0 Å². The van der Waals surface area contributed by atoms with Crippen molar-refractivity contribution in [3.63, 3.8) is 0 Å². The number of amides is 2. The highest BCUT2D eigenvalue weighted by molar-refractivity contribution is 5.97. The van der Waals surface area contributed by atoms with Crippen molar-refractivity contribution in [1.29, 1.82) is 0 Å². The fraction of sp³-hybridized carbons (Fsp3) is 0.364. The van der Waals surface area contributed by atoms with Crippen LogP contribution in [-0.4, -0.2) is 38.0 Å². The number of para-hydroxylation sites is 1. The molecule has 2 N–H and O–H groups in total. The zero-order valence-corrected chi connectivity index (χ0v) is 16.5. The van der Waals surface area contributed by atoms with E-state index >= 15 is 0 Å². The highest BCUT2D eigenvalue weighted by atomic mass is 16.2. The van der Waals surface area contributed by atoms with Gasteiger partial charge in [0, 0.05) is 17.4 Å². The van der Waals surface area contributed by atoms with E-state index < -0.39 is 0 Å². The third kappa shape index (κ3) is 4.19. The monoisotopic (exact) mass is 366 g/mol. The molecule has 2 aromatic carbocycles. The zero-order chi connectivity index (χ0) is 19.6. The Morgan fingerprint density at radius 3 is 2.63 bits per heavy atom. The molecule has 27 heavy (non-hydrogen) atoms. The molecule has 1 aliphatic rings. The smallest absolute Gasteiger partial charge is 0.282 e. The lowest BCUT2D eigenvalue weighted by molar-refractivity contribution is -0.862. The molecule has 142 valence electrons. The van der Waals surface area contributed by atoms with Crippen LogP contribution in [0.25, 0.3) is 0 Å². The summed E-state index contributed by atoms with van der Waals surface area (Å²) in [6.07, 6.45) is 0.883. The first-order valence-corrected chi connectivity index (χ1v) is 9.44. The number of carbonyl (C=O) groups is 2. The number of nitrogens with zero attached hydrogens (tertiary/aromatic N) is 1. The second-order valence-corrected chi connectivity index (χ2v) is 7.55. The number of hydrogen-bond acceptors (Lipinski definition) is 2. The van der Waals surface area contributed by atoms with Gasteiger partial charge in [0.1, 0.15) is 0 Å². The Hall–Kier alpha value is -2.66. The third-order valence-electron chi connectivity index (χ3n) is 5.27. The molecule has 2 aromatic rings. The second kappa shape index (κ2) is 7.92. The lowest BCUT2D eigenvalue weighted by Crippen LogP contribution is -3.11. The molecule has 2 amide bonds. The Morgan fingerprint density at radius 2 is 1.85 bits per heavy atom. The van der Waals surface area contributed by atoms with Crippen LogP contribution in [0.15, 0.2) is 42.5 Å². The van der Waals surface area contributed by atoms with E-state index in [0.29, 0.717) is 6.54 Å². The van der Waals surface area contributed by atoms with Gasteiger partial charge in [-0.2, -0.15) is 0 Å². The van der Waals surface area contributed by atoms with Crippen molar-refractivity contribution < 1.29 is 14.5 Å². The number of likely N-dealkylation sites (N-methyl/N-ethyl adjacent to an activating group) is 1. The van der Waals surface area contributed by atoms with Crippen LogP contribution in [-0.2, 0) is 16.0 Å². The fourth-order valence-electron chi connectivity index (χ4n) is 3.71. The van der Waals surface area contributed by atoms with Gasteiger partial charge in [0.05, 0.1) is 7.05 Å². The number of rotatable bonds is 5. The molecular formula is C22H28N3O2+. The number of carbonyl (C=O) groups excluding carboxylic acids is 2. The Bertz CT molecular complexity index is 862. The number of benzene rings is 2.